The number of halogens is 4. The first kappa shape index (κ1) is 22.7. The van der Waals surface area contributed by atoms with E-state index < -0.39 is 24.3 Å². The number of ether oxygens (including phenoxy) is 2. The van der Waals surface area contributed by atoms with E-state index in [1.165, 1.54) is 11.0 Å². The van der Waals surface area contributed by atoms with E-state index in [0.717, 1.165) is 12.1 Å². The van der Waals surface area contributed by atoms with Crippen LogP contribution in [0.1, 0.15) is 5.56 Å². The third-order valence-electron chi connectivity index (χ3n) is 4.68. The monoisotopic (exact) mass is 456 g/mol. The SMILES string of the molecule is O=C(COc1cccc(Cl)c1)OCC(=O)N1CCN(c2cccc(C(F)(F)F)c2)CC1. The molecule has 1 saturated heterocycles. The molecule has 1 aliphatic rings. The number of anilines is 1. The standard InChI is InChI=1S/C21H20ClF3N2O4/c22-16-4-2-6-18(12-16)30-14-20(29)31-13-19(28)27-9-7-26(8-10-27)17-5-1-3-15(11-17)21(23,24)25/h1-6,11-12H,7-10,13-14H2. The predicted molar refractivity (Wildman–Crippen MR) is 108 cm³/mol. The summed E-state index contributed by atoms with van der Waals surface area (Å²) in [5.74, 6) is -0.669. The van der Waals surface area contributed by atoms with Crippen LogP contribution in [0.25, 0.3) is 0 Å². The van der Waals surface area contributed by atoms with Crippen LogP contribution in [0.2, 0.25) is 5.02 Å². The van der Waals surface area contributed by atoms with Crippen molar-refractivity contribution in [1.29, 1.82) is 0 Å². The van der Waals surface area contributed by atoms with Crippen molar-refractivity contribution in [2.45, 2.75) is 6.18 Å². The number of nitrogens with zero attached hydrogens (tertiary/aromatic N) is 2. The molecule has 0 aliphatic carbocycles. The van der Waals surface area contributed by atoms with Crippen molar-refractivity contribution in [3.8, 4) is 5.75 Å². The Kier molecular flexibility index (Phi) is 7.27. The van der Waals surface area contributed by atoms with Gasteiger partial charge in [-0.2, -0.15) is 13.2 Å². The lowest BCUT2D eigenvalue weighted by atomic mass is 10.1. The average Bonchev–Trinajstić information content (AvgIpc) is 2.76. The Morgan fingerprint density at radius 2 is 1.68 bits per heavy atom. The molecule has 0 unspecified atom stereocenters. The maximum absolute atomic E-state index is 12.9. The first-order valence-electron chi connectivity index (χ1n) is 9.46. The molecule has 10 heteroatoms. The van der Waals surface area contributed by atoms with Gasteiger partial charge in [-0.05, 0) is 36.4 Å². The van der Waals surface area contributed by atoms with Crippen molar-refractivity contribution in [3.05, 3.63) is 59.1 Å². The fourth-order valence-corrected chi connectivity index (χ4v) is 3.25. The molecule has 2 aromatic rings. The summed E-state index contributed by atoms with van der Waals surface area (Å²) in [4.78, 5) is 27.4. The highest BCUT2D eigenvalue weighted by molar-refractivity contribution is 6.30. The Bertz CT molecular complexity index is 931. The van der Waals surface area contributed by atoms with Crippen LogP contribution in [0.4, 0.5) is 18.9 Å². The van der Waals surface area contributed by atoms with E-state index in [1.54, 1.807) is 35.2 Å². The fraction of sp³-hybridized carbons (Fsp3) is 0.333. The summed E-state index contributed by atoms with van der Waals surface area (Å²) in [5.41, 5.74) is -0.262. The number of piperazine rings is 1. The quantitative estimate of drug-likeness (QED) is 0.621. The van der Waals surface area contributed by atoms with Gasteiger partial charge in [0.2, 0.25) is 0 Å². The van der Waals surface area contributed by atoms with Gasteiger partial charge >= 0.3 is 12.1 Å². The molecule has 1 fully saturated rings. The van der Waals surface area contributed by atoms with E-state index in [0.29, 0.717) is 42.6 Å². The Morgan fingerprint density at radius 3 is 2.35 bits per heavy atom. The van der Waals surface area contributed by atoms with E-state index in [2.05, 4.69) is 0 Å². The molecule has 6 nitrogen and oxygen atoms in total. The number of hydrogen-bond acceptors (Lipinski definition) is 5. The largest absolute Gasteiger partial charge is 0.482 e. The third kappa shape index (κ3) is 6.52. The molecular formula is C21H20ClF3N2O4. The van der Waals surface area contributed by atoms with E-state index in [4.69, 9.17) is 21.1 Å². The Labute approximate surface area is 182 Å². The number of carbonyl (C=O) groups excluding carboxylic acids is 2. The second-order valence-electron chi connectivity index (χ2n) is 6.82. The molecule has 1 aliphatic heterocycles. The number of alkyl halides is 3. The highest BCUT2D eigenvalue weighted by atomic mass is 35.5. The van der Waals surface area contributed by atoms with Crippen molar-refractivity contribution >= 4 is 29.2 Å². The molecule has 0 spiro atoms. The van der Waals surface area contributed by atoms with Crippen LogP contribution < -0.4 is 9.64 Å². The second-order valence-corrected chi connectivity index (χ2v) is 7.26. The van der Waals surface area contributed by atoms with Crippen LogP contribution in [-0.4, -0.2) is 56.2 Å². The molecule has 0 saturated carbocycles. The van der Waals surface area contributed by atoms with Gasteiger partial charge in [0, 0.05) is 36.9 Å². The van der Waals surface area contributed by atoms with Gasteiger partial charge in [-0.3, -0.25) is 4.79 Å². The Morgan fingerprint density at radius 1 is 0.968 bits per heavy atom. The highest BCUT2D eigenvalue weighted by Crippen LogP contribution is 2.31. The normalized spacial score (nSPS) is 14.3. The molecule has 0 bridgehead atoms. The van der Waals surface area contributed by atoms with E-state index in [9.17, 15) is 22.8 Å². The molecule has 166 valence electrons. The lowest BCUT2D eigenvalue weighted by Crippen LogP contribution is -2.50. The van der Waals surface area contributed by atoms with Crippen LogP contribution in [0.3, 0.4) is 0 Å². The zero-order chi connectivity index (χ0) is 22.4. The van der Waals surface area contributed by atoms with Gasteiger partial charge in [-0.15, -0.1) is 0 Å². The summed E-state index contributed by atoms with van der Waals surface area (Å²) >= 11 is 5.83. The molecule has 3 rings (SSSR count). The highest BCUT2D eigenvalue weighted by Gasteiger charge is 2.31. The van der Waals surface area contributed by atoms with Crippen LogP contribution in [0, 0.1) is 0 Å². The third-order valence-corrected chi connectivity index (χ3v) is 4.92. The van der Waals surface area contributed by atoms with Crippen LogP contribution >= 0.6 is 11.6 Å². The smallest absolute Gasteiger partial charge is 0.416 e. The minimum Gasteiger partial charge on any atom is -0.482 e. The molecule has 0 atom stereocenters. The molecule has 31 heavy (non-hydrogen) atoms. The van der Waals surface area contributed by atoms with Gasteiger partial charge in [-0.1, -0.05) is 23.7 Å². The van der Waals surface area contributed by atoms with Crippen molar-refractivity contribution < 1.29 is 32.2 Å². The summed E-state index contributed by atoms with van der Waals surface area (Å²) in [6, 6.07) is 11.6. The first-order chi connectivity index (χ1) is 14.7. The average molecular weight is 457 g/mol. The number of carbonyl (C=O) groups is 2. The fourth-order valence-electron chi connectivity index (χ4n) is 3.07. The molecule has 1 amide bonds. The van der Waals surface area contributed by atoms with Crippen molar-refractivity contribution in [2.75, 3.05) is 44.3 Å². The van der Waals surface area contributed by atoms with Crippen molar-refractivity contribution in [1.82, 2.24) is 4.90 Å². The maximum atomic E-state index is 12.9. The molecule has 1 heterocycles. The summed E-state index contributed by atoms with van der Waals surface area (Å²) in [7, 11) is 0. The predicted octanol–water partition coefficient (Wildman–Crippen LogP) is 3.63. The van der Waals surface area contributed by atoms with E-state index in [1.807, 2.05) is 0 Å². The number of esters is 1. The summed E-state index contributed by atoms with van der Waals surface area (Å²) in [5, 5.41) is 0.463. The van der Waals surface area contributed by atoms with Gasteiger partial charge in [0.25, 0.3) is 5.91 Å². The second kappa shape index (κ2) is 9.91. The number of hydrogen-bond donors (Lipinski definition) is 0. The van der Waals surface area contributed by atoms with Gasteiger partial charge < -0.3 is 19.3 Å². The van der Waals surface area contributed by atoms with Gasteiger partial charge in [0.1, 0.15) is 5.75 Å². The molecular weight excluding hydrogens is 437 g/mol. The number of amides is 1. The lowest BCUT2D eigenvalue weighted by Gasteiger charge is -2.36. The topological polar surface area (TPSA) is 59.1 Å². The van der Waals surface area contributed by atoms with E-state index >= 15 is 0 Å². The van der Waals surface area contributed by atoms with Gasteiger partial charge in [0.15, 0.2) is 13.2 Å². The minimum atomic E-state index is -4.41. The maximum Gasteiger partial charge on any atom is 0.416 e. The van der Waals surface area contributed by atoms with Gasteiger partial charge in [-0.25, -0.2) is 4.79 Å². The van der Waals surface area contributed by atoms with Crippen LogP contribution in [0.15, 0.2) is 48.5 Å². The molecule has 2 aromatic carbocycles. The van der Waals surface area contributed by atoms with Crippen molar-refractivity contribution in [3.63, 3.8) is 0 Å². The van der Waals surface area contributed by atoms with Gasteiger partial charge in [0.05, 0.1) is 5.56 Å². The lowest BCUT2D eigenvalue weighted by molar-refractivity contribution is -0.153. The number of rotatable bonds is 6. The molecule has 0 N–H and O–H groups in total. The first-order valence-corrected chi connectivity index (χ1v) is 9.84. The van der Waals surface area contributed by atoms with Crippen molar-refractivity contribution in [2.24, 2.45) is 0 Å². The zero-order valence-electron chi connectivity index (χ0n) is 16.4. The molecule has 0 aromatic heterocycles. The van der Waals surface area contributed by atoms with Crippen LogP contribution in [0.5, 0.6) is 5.75 Å². The number of benzene rings is 2. The Hall–Kier alpha value is -2.94. The van der Waals surface area contributed by atoms with Crippen LogP contribution in [-0.2, 0) is 20.5 Å². The summed E-state index contributed by atoms with van der Waals surface area (Å²) < 4.78 is 48.9. The van der Waals surface area contributed by atoms with E-state index in [-0.39, 0.29) is 12.5 Å². The Balaban J connectivity index is 1.42. The zero-order valence-corrected chi connectivity index (χ0v) is 17.2. The summed E-state index contributed by atoms with van der Waals surface area (Å²) in [6.07, 6.45) is -4.41. The minimum absolute atomic E-state index is 0.311. The summed E-state index contributed by atoms with van der Waals surface area (Å²) in [6.45, 7) is 0.577. The molecule has 0 radical (unpaired) electrons.